The summed E-state index contributed by atoms with van der Waals surface area (Å²) in [5.74, 6) is 0.690. The number of rotatable bonds is 4. The van der Waals surface area contributed by atoms with Crippen LogP contribution in [0.1, 0.15) is 17.3 Å². The monoisotopic (exact) mass is 392 g/mol. The van der Waals surface area contributed by atoms with Crippen molar-refractivity contribution in [2.75, 3.05) is 26.9 Å². The molecule has 4 rings (SSSR count). The molecule has 0 saturated carbocycles. The maximum atomic E-state index is 13.5. The molecule has 3 aromatic rings. The van der Waals surface area contributed by atoms with Gasteiger partial charge in [-0.1, -0.05) is 18.2 Å². The van der Waals surface area contributed by atoms with Crippen LogP contribution in [0.15, 0.2) is 54.6 Å². The molecular formula is C23H24N2O4. The molecule has 1 fully saturated rings. The predicted molar refractivity (Wildman–Crippen MR) is 111 cm³/mol. The lowest BCUT2D eigenvalue weighted by atomic mass is 10.0. The van der Waals surface area contributed by atoms with E-state index in [2.05, 4.69) is 0 Å². The zero-order chi connectivity index (χ0) is 20.4. The van der Waals surface area contributed by atoms with E-state index < -0.39 is 0 Å². The Balaban J connectivity index is 1.79. The minimum Gasteiger partial charge on any atom is -0.497 e. The molecule has 2 aromatic carbocycles. The van der Waals surface area contributed by atoms with Crippen molar-refractivity contribution in [1.29, 1.82) is 0 Å². The van der Waals surface area contributed by atoms with E-state index in [9.17, 15) is 9.90 Å². The highest BCUT2D eigenvalue weighted by Gasteiger charge is 2.31. The Bertz CT molecular complexity index is 1020. The molecule has 2 atom stereocenters. The molecule has 0 bridgehead atoms. The Morgan fingerprint density at radius 2 is 2.00 bits per heavy atom. The van der Waals surface area contributed by atoms with E-state index in [0.29, 0.717) is 18.7 Å². The highest BCUT2D eigenvalue weighted by atomic mass is 16.5. The van der Waals surface area contributed by atoms with Crippen LogP contribution in [-0.4, -0.2) is 59.9 Å². The first kappa shape index (κ1) is 19.4. The first-order valence-electron chi connectivity index (χ1n) is 9.68. The topological polar surface area (TPSA) is 71.9 Å². The maximum absolute atomic E-state index is 13.5. The molecule has 1 aliphatic rings. The standard InChI is InChI=1S/C23H24N2O4/c1-15-14-29-18(13-26)12-25(15)23(27)20-11-22(16-7-9-17(28-2)10-8-16)24-21-6-4-3-5-19(20)21/h3-11,15,18,26H,12-14H2,1-2H3/t15-,18+/m1/s1. The number of hydrogen-bond donors (Lipinski definition) is 1. The average Bonchev–Trinajstić information content (AvgIpc) is 2.78. The van der Waals surface area contributed by atoms with Crippen molar-refractivity contribution in [3.63, 3.8) is 0 Å². The number of carbonyl (C=O) groups excluding carboxylic acids is 1. The van der Waals surface area contributed by atoms with Crippen LogP contribution < -0.4 is 4.74 Å². The summed E-state index contributed by atoms with van der Waals surface area (Å²) in [5.41, 5.74) is 3.01. The highest BCUT2D eigenvalue weighted by molar-refractivity contribution is 6.07. The van der Waals surface area contributed by atoms with Crippen molar-refractivity contribution < 1.29 is 19.4 Å². The molecule has 29 heavy (non-hydrogen) atoms. The zero-order valence-electron chi connectivity index (χ0n) is 16.5. The summed E-state index contributed by atoms with van der Waals surface area (Å²) < 4.78 is 10.8. The minimum atomic E-state index is -0.357. The number of carbonyl (C=O) groups is 1. The van der Waals surface area contributed by atoms with Crippen LogP contribution in [0.3, 0.4) is 0 Å². The second kappa shape index (κ2) is 8.19. The van der Waals surface area contributed by atoms with Gasteiger partial charge in [0, 0.05) is 17.5 Å². The number of methoxy groups -OCH3 is 1. The Hall–Kier alpha value is -2.96. The van der Waals surface area contributed by atoms with Gasteiger partial charge in [0.2, 0.25) is 0 Å². The third kappa shape index (κ3) is 3.81. The summed E-state index contributed by atoms with van der Waals surface area (Å²) >= 11 is 0. The van der Waals surface area contributed by atoms with Crippen molar-refractivity contribution in [3.8, 4) is 17.0 Å². The zero-order valence-corrected chi connectivity index (χ0v) is 16.5. The lowest BCUT2D eigenvalue weighted by molar-refractivity contribution is -0.0666. The van der Waals surface area contributed by atoms with Crippen molar-refractivity contribution in [2.24, 2.45) is 0 Å². The summed E-state index contributed by atoms with van der Waals surface area (Å²) in [4.78, 5) is 20.1. The van der Waals surface area contributed by atoms with Crippen molar-refractivity contribution in [3.05, 3.63) is 60.2 Å². The van der Waals surface area contributed by atoms with Crippen LogP contribution >= 0.6 is 0 Å². The van der Waals surface area contributed by atoms with E-state index in [1.165, 1.54) is 0 Å². The fraction of sp³-hybridized carbons (Fsp3) is 0.304. The molecule has 6 nitrogen and oxygen atoms in total. The molecule has 1 saturated heterocycles. The molecule has 1 aliphatic heterocycles. The predicted octanol–water partition coefficient (Wildman–Crippen LogP) is 3.13. The number of ether oxygens (including phenoxy) is 2. The minimum absolute atomic E-state index is 0.0679. The molecule has 150 valence electrons. The lowest BCUT2D eigenvalue weighted by Crippen LogP contribution is -2.52. The molecule has 6 heteroatoms. The molecule has 0 unspecified atom stereocenters. The third-order valence-corrected chi connectivity index (χ3v) is 5.30. The summed E-state index contributed by atoms with van der Waals surface area (Å²) in [7, 11) is 1.63. The summed E-state index contributed by atoms with van der Waals surface area (Å²) in [5, 5.41) is 10.3. The van der Waals surface area contributed by atoms with Crippen molar-refractivity contribution in [2.45, 2.75) is 19.1 Å². The Morgan fingerprint density at radius 3 is 2.72 bits per heavy atom. The number of pyridine rings is 1. The number of hydrogen-bond acceptors (Lipinski definition) is 5. The van der Waals surface area contributed by atoms with Gasteiger partial charge in [0.25, 0.3) is 5.91 Å². The molecule has 0 radical (unpaired) electrons. The Kier molecular flexibility index (Phi) is 5.47. The van der Waals surface area contributed by atoms with E-state index in [4.69, 9.17) is 14.5 Å². The summed E-state index contributed by atoms with van der Waals surface area (Å²) in [6, 6.07) is 17.1. The largest absolute Gasteiger partial charge is 0.497 e. The number of aliphatic hydroxyl groups is 1. The van der Waals surface area contributed by atoms with E-state index in [1.807, 2.05) is 61.5 Å². The number of aliphatic hydroxyl groups excluding tert-OH is 1. The number of benzene rings is 2. The molecule has 1 amide bonds. The fourth-order valence-electron chi connectivity index (χ4n) is 3.63. The van der Waals surface area contributed by atoms with Gasteiger partial charge in [-0.25, -0.2) is 4.98 Å². The van der Waals surface area contributed by atoms with Gasteiger partial charge in [0.1, 0.15) is 5.75 Å². The Morgan fingerprint density at radius 1 is 1.24 bits per heavy atom. The van der Waals surface area contributed by atoms with Gasteiger partial charge in [-0.3, -0.25) is 4.79 Å². The third-order valence-electron chi connectivity index (χ3n) is 5.30. The maximum Gasteiger partial charge on any atom is 0.255 e. The van der Waals surface area contributed by atoms with E-state index in [-0.39, 0.29) is 24.7 Å². The molecule has 1 aromatic heterocycles. The van der Waals surface area contributed by atoms with Crippen molar-refractivity contribution in [1.82, 2.24) is 9.88 Å². The van der Waals surface area contributed by atoms with Crippen LogP contribution in [0.5, 0.6) is 5.75 Å². The van der Waals surface area contributed by atoms with Crippen LogP contribution in [0.2, 0.25) is 0 Å². The number of morpholine rings is 1. The van der Waals surface area contributed by atoms with Crippen LogP contribution in [0.4, 0.5) is 0 Å². The van der Waals surface area contributed by atoms with Gasteiger partial charge >= 0.3 is 0 Å². The lowest BCUT2D eigenvalue weighted by Gasteiger charge is -2.37. The molecular weight excluding hydrogens is 368 g/mol. The second-order valence-corrected chi connectivity index (χ2v) is 7.25. The normalized spacial score (nSPS) is 19.3. The summed E-state index contributed by atoms with van der Waals surface area (Å²) in [6.45, 7) is 2.63. The van der Waals surface area contributed by atoms with Gasteiger partial charge in [0.15, 0.2) is 0 Å². The van der Waals surface area contributed by atoms with Gasteiger partial charge in [-0.05, 0) is 43.3 Å². The van der Waals surface area contributed by atoms with Crippen LogP contribution in [0.25, 0.3) is 22.2 Å². The molecule has 0 aliphatic carbocycles. The molecule has 2 heterocycles. The van der Waals surface area contributed by atoms with Gasteiger partial charge in [-0.2, -0.15) is 0 Å². The number of aromatic nitrogens is 1. The number of fused-ring (bicyclic) bond motifs is 1. The second-order valence-electron chi connectivity index (χ2n) is 7.25. The first-order chi connectivity index (χ1) is 14.1. The van der Waals surface area contributed by atoms with Crippen LogP contribution in [-0.2, 0) is 4.74 Å². The van der Waals surface area contributed by atoms with Gasteiger partial charge in [-0.15, -0.1) is 0 Å². The van der Waals surface area contributed by atoms with Crippen LogP contribution in [0, 0.1) is 0 Å². The highest BCUT2D eigenvalue weighted by Crippen LogP contribution is 2.28. The summed E-state index contributed by atoms with van der Waals surface area (Å²) in [6.07, 6.45) is -0.357. The SMILES string of the molecule is COc1ccc(-c2cc(C(=O)N3C[C@@H](CO)OC[C@H]3C)c3ccccc3n2)cc1. The number of para-hydroxylation sites is 1. The van der Waals surface area contributed by atoms with Gasteiger partial charge in [0.05, 0.1) is 49.2 Å². The van der Waals surface area contributed by atoms with Crippen molar-refractivity contribution >= 4 is 16.8 Å². The molecule has 0 spiro atoms. The first-order valence-corrected chi connectivity index (χ1v) is 9.68. The smallest absolute Gasteiger partial charge is 0.255 e. The van der Waals surface area contributed by atoms with E-state index in [1.54, 1.807) is 12.0 Å². The average molecular weight is 392 g/mol. The van der Waals surface area contributed by atoms with E-state index >= 15 is 0 Å². The molecule has 1 N–H and O–H groups in total. The Labute approximate surface area is 169 Å². The van der Waals surface area contributed by atoms with E-state index in [0.717, 1.165) is 27.9 Å². The number of nitrogens with zero attached hydrogens (tertiary/aromatic N) is 2. The fourth-order valence-corrected chi connectivity index (χ4v) is 3.63. The number of amides is 1. The quantitative estimate of drug-likeness (QED) is 0.739. The van der Waals surface area contributed by atoms with Gasteiger partial charge < -0.3 is 19.5 Å².